The molecule has 0 spiro atoms. The minimum absolute atomic E-state index is 0.444. The van der Waals surface area contributed by atoms with Gasteiger partial charge in [0, 0.05) is 0 Å². The molecule has 1 aromatic rings. The highest BCUT2D eigenvalue weighted by Gasteiger charge is 2.18. The fraction of sp³-hybridized carbons (Fsp3) is 0.600. The van der Waals surface area contributed by atoms with Crippen molar-refractivity contribution >= 4 is 0 Å². The van der Waals surface area contributed by atoms with Gasteiger partial charge in [0.1, 0.15) is 5.75 Å². The quantitative estimate of drug-likeness (QED) is 0.788. The Morgan fingerprint density at radius 1 is 1.25 bits per heavy atom. The summed E-state index contributed by atoms with van der Waals surface area (Å²) in [4.78, 5) is 0. The van der Waals surface area contributed by atoms with Gasteiger partial charge in [0.2, 0.25) is 0 Å². The number of phenolic OH excluding ortho intramolecular Hbond substituents is 1. The lowest BCUT2D eigenvalue weighted by Gasteiger charge is -2.15. The summed E-state index contributed by atoms with van der Waals surface area (Å²) < 4.78 is 0. The van der Waals surface area contributed by atoms with E-state index in [9.17, 15) is 5.11 Å². The number of benzene rings is 1. The Bertz CT molecular complexity index is 350. The van der Waals surface area contributed by atoms with Crippen LogP contribution in [-0.2, 0) is 0 Å². The monoisotopic (exact) mass is 218 g/mol. The van der Waals surface area contributed by atoms with Crippen molar-refractivity contribution in [2.45, 2.75) is 57.8 Å². The Morgan fingerprint density at radius 3 is 2.56 bits per heavy atom. The third-order valence-electron chi connectivity index (χ3n) is 3.97. The van der Waals surface area contributed by atoms with E-state index in [0.717, 1.165) is 6.42 Å². The van der Waals surface area contributed by atoms with E-state index in [1.165, 1.54) is 36.8 Å². The Balaban J connectivity index is 2.27. The summed E-state index contributed by atoms with van der Waals surface area (Å²) in [6.07, 6.45) is 6.42. The van der Waals surface area contributed by atoms with Gasteiger partial charge in [-0.2, -0.15) is 0 Å². The van der Waals surface area contributed by atoms with Crippen LogP contribution in [0.15, 0.2) is 18.2 Å². The van der Waals surface area contributed by atoms with Crippen molar-refractivity contribution in [2.75, 3.05) is 0 Å². The lowest BCUT2D eigenvalue weighted by molar-refractivity contribution is 0.472. The van der Waals surface area contributed by atoms with E-state index >= 15 is 0 Å². The van der Waals surface area contributed by atoms with Gasteiger partial charge in [-0.3, -0.25) is 0 Å². The van der Waals surface area contributed by atoms with Crippen molar-refractivity contribution in [2.24, 2.45) is 0 Å². The summed E-state index contributed by atoms with van der Waals surface area (Å²) >= 11 is 0. The first-order valence-electron chi connectivity index (χ1n) is 6.54. The molecule has 0 bridgehead atoms. The third kappa shape index (κ3) is 2.40. The summed E-state index contributed by atoms with van der Waals surface area (Å²) in [5.41, 5.74) is 2.65. The van der Waals surface area contributed by atoms with Crippen LogP contribution >= 0.6 is 0 Å². The molecule has 1 atom stereocenters. The van der Waals surface area contributed by atoms with Gasteiger partial charge in [0.05, 0.1) is 0 Å². The van der Waals surface area contributed by atoms with Gasteiger partial charge in [0.15, 0.2) is 0 Å². The van der Waals surface area contributed by atoms with Crippen molar-refractivity contribution in [3.63, 3.8) is 0 Å². The van der Waals surface area contributed by atoms with Crippen LogP contribution < -0.4 is 0 Å². The van der Waals surface area contributed by atoms with Crippen molar-refractivity contribution in [3.05, 3.63) is 29.3 Å². The standard InChI is InChI=1S/C15H22O/c1-3-11(2)13-8-14(10-15(16)9-13)12-6-4-5-7-12/h8-12,16H,3-7H2,1-2H3. The van der Waals surface area contributed by atoms with E-state index < -0.39 is 0 Å². The maximum atomic E-state index is 9.80. The molecule has 1 aromatic carbocycles. The lowest BCUT2D eigenvalue weighted by atomic mass is 9.91. The Morgan fingerprint density at radius 2 is 1.94 bits per heavy atom. The zero-order chi connectivity index (χ0) is 11.5. The molecule has 0 heterocycles. The van der Waals surface area contributed by atoms with Crippen LogP contribution in [0.1, 0.15) is 68.9 Å². The van der Waals surface area contributed by atoms with Crippen LogP contribution in [0.4, 0.5) is 0 Å². The molecule has 0 aliphatic heterocycles. The predicted molar refractivity (Wildman–Crippen MR) is 68.0 cm³/mol. The van der Waals surface area contributed by atoms with Gasteiger partial charge in [-0.25, -0.2) is 0 Å². The van der Waals surface area contributed by atoms with Crippen molar-refractivity contribution < 1.29 is 5.11 Å². The van der Waals surface area contributed by atoms with Gasteiger partial charge in [0.25, 0.3) is 0 Å². The van der Waals surface area contributed by atoms with Crippen molar-refractivity contribution in [3.8, 4) is 5.75 Å². The molecule has 1 N–H and O–H groups in total. The van der Waals surface area contributed by atoms with E-state index in [2.05, 4.69) is 19.9 Å². The highest BCUT2D eigenvalue weighted by atomic mass is 16.3. The van der Waals surface area contributed by atoms with Gasteiger partial charge < -0.3 is 5.11 Å². The highest BCUT2D eigenvalue weighted by molar-refractivity contribution is 5.37. The van der Waals surface area contributed by atoms with Crippen LogP contribution in [0.2, 0.25) is 0 Å². The molecule has 88 valence electrons. The summed E-state index contributed by atoms with van der Waals surface area (Å²) in [6, 6.07) is 6.19. The molecule has 1 saturated carbocycles. The average molecular weight is 218 g/mol. The molecule has 2 rings (SSSR count). The van der Waals surface area contributed by atoms with Gasteiger partial charge in [-0.1, -0.05) is 32.8 Å². The molecule has 16 heavy (non-hydrogen) atoms. The van der Waals surface area contributed by atoms with E-state index in [0.29, 0.717) is 17.6 Å². The van der Waals surface area contributed by atoms with Crippen LogP contribution in [0.25, 0.3) is 0 Å². The molecule has 1 aliphatic rings. The normalized spacial score (nSPS) is 18.9. The van der Waals surface area contributed by atoms with E-state index in [-0.39, 0.29) is 0 Å². The Hall–Kier alpha value is -0.980. The van der Waals surface area contributed by atoms with Gasteiger partial charge >= 0.3 is 0 Å². The molecule has 1 nitrogen and oxygen atoms in total. The highest BCUT2D eigenvalue weighted by Crippen LogP contribution is 2.37. The SMILES string of the molecule is CCC(C)c1cc(O)cc(C2CCCC2)c1. The minimum Gasteiger partial charge on any atom is -0.508 e. The molecular formula is C15H22O. The van der Waals surface area contributed by atoms with Crippen LogP contribution in [-0.4, -0.2) is 5.11 Å². The first-order chi connectivity index (χ1) is 7.70. The molecule has 0 aromatic heterocycles. The number of hydrogen-bond acceptors (Lipinski definition) is 1. The maximum Gasteiger partial charge on any atom is 0.116 e. The average Bonchev–Trinajstić information content (AvgIpc) is 2.80. The van der Waals surface area contributed by atoms with Crippen molar-refractivity contribution in [1.82, 2.24) is 0 Å². The summed E-state index contributed by atoms with van der Waals surface area (Å²) in [6.45, 7) is 4.43. The second kappa shape index (κ2) is 4.90. The summed E-state index contributed by atoms with van der Waals surface area (Å²) in [7, 11) is 0. The first-order valence-corrected chi connectivity index (χ1v) is 6.54. The first kappa shape index (κ1) is 11.5. The summed E-state index contributed by atoms with van der Waals surface area (Å²) in [5, 5.41) is 9.80. The molecule has 0 radical (unpaired) electrons. The molecular weight excluding hydrogens is 196 g/mol. The second-order valence-electron chi connectivity index (χ2n) is 5.15. The van der Waals surface area contributed by atoms with Gasteiger partial charge in [-0.05, 0) is 54.4 Å². The summed E-state index contributed by atoms with van der Waals surface area (Å²) in [5.74, 6) is 1.68. The second-order valence-corrected chi connectivity index (χ2v) is 5.15. The predicted octanol–water partition coefficient (Wildman–Crippen LogP) is 4.56. The molecule has 1 aliphatic carbocycles. The fourth-order valence-electron chi connectivity index (χ4n) is 2.67. The third-order valence-corrected chi connectivity index (χ3v) is 3.97. The van der Waals surface area contributed by atoms with E-state index in [4.69, 9.17) is 0 Å². The van der Waals surface area contributed by atoms with E-state index in [1.807, 2.05) is 12.1 Å². The largest absolute Gasteiger partial charge is 0.508 e. The number of phenols is 1. The van der Waals surface area contributed by atoms with Crippen LogP contribution in [0, 0.1) is 0 Å². The molecule has 1 unspecified atom stereocenters. The lowest BCUT2D eigenvalue weighted by Crippen LogP contribution is -1.97. The Kier molecular flexibility index (Phi) is 3.52. The number of rotatable bonds is 3. The topological polar surface area (TPSA) is 20.2 Å². The smallest absolute Gasteiger partial charge is 0.116 e. The van der Waals surface area contributed by atoms with Crippen LogP contribution in [0.5, 0.6) is 5.75 Å². The molecule has 0 amide bonds. The number of aromatic hydroxyl groups is 1. The molecule has 0 saturated heterocycles. The number of hydrogen-bond donors (Lipinski definition) is 1. The minimum atomic E-state index is 0.444. The fourth-order valence-corrected chi connectivity index (χ4v) is 2.67. The molecule has 1 fully saturated rings. The van der Waals surface area contributed by atoms with Gasteiger partial charge in [-0.15, -0.1) is 0 Å². The van der Waals surface area contributed by atoms with Crippen LogP contribution in [0.3, 0.4) is 0 Å². The van der Waals surface area contributed by atoms with Crippen molar-refractivity contribution in [1.29, 1.82) is 0 Å². The Labute approximate surface area is 98.5 Å². The molecule has 1 heteroatoms. The zero-order valence-corrected chi connectivity index (χ0v) is 10.4. The van der Waals surface area contributed by atoms with E-state index in [1.54, 1.807) is 0 Å². The maximum absolute atomic E-state index is 9.80. The zero-order valence-electron chi connectivity index (χ0n) is 10.4.